The Balaban J connectivity index is 2.08. The Morgan fingerprint density at radius 3 is 2.81 bits per heavy atom. The highest BCUT2D eigenvalue weighted by Crippen LogP contribution is 2.34. The number of carboxylic acids is 1. The molecular weight excluding hydrogens is 270 g/mol. The second-order valence-corrected chi connectivity index (χ2v) is 5.38. The van der Waals surface area contributed by atoms with E-state index < -0.39 is 5.97 Å². The van der Waals surface area contributed by atoms with Crippen LogP contribution in [0.2, 0.25) is 0 Å². The zero-order chi connectivity index (χ0) is 15.4. The summed E-state index contributed by atoms with van der Waals surface area (Å²) in [6, 6.07) is 5.43. The molecule has 1 heterocycles. The maximum atomic E-state index is 12.1. The molecule has 1 unspecified atom stereocenters. The SMILES string of the molecule is CCC1CN(C)c2cc(C(=O)CCCC(=O)O)ccc2O1. The average Bonchev–Trinajstić information content (AvgIpc) is 2.46. The fourth-order valence-electron chi connectivity index (χ4n) is 2.47. The molecule has 0 saturated heterocycles. The van der Waals surface area contributed by atoms with E-state index in [1.165, 1.54) is 0 Å². The summed E-state index contributed by atoms with van der Waals surface area (Å²) in [5, 5.41) is 8.60. The van der Waals surface area contributed by atoms with Crippen LogP contribution in [-0.4, -0.2) is 36.6 Å². The van der Waals surface area contributed by atoms with Gasteiger partial charge < -0.3 is 14.7 Å². The van der Waals surface area contributed by atoms with E-state index in [0.717, 1.165) is 24.4 Å². The number of carbonyl (C=O) groups is 2. The largest absolute Gasteiger partial charge is 0.486 e. The molecule has 1 aliphatic rings. The first-order valence-corrected chi connectivity index (χ1v) is 7.28. The summed E-state index contributed by atoms with van der Waals surface area (Å²) >= 11 is 0. The molecule has 21 heavy (non-hydrogen) atoms. The number of nitrogens with zero attached hydrogens (tertiary/aromatic N) is 1. The number of likely N-dealkylation sites (N-methyl/N-ethyl adjacent to an activating group) is 1. The van der Waals surface area contributed by atoms with E-state index in [1.807, 2.05) is 19.2 Å². The van der Waals surface area contributed by atoms with Crippen LogP contribution in [0.15, 0.2) is 18.2 Å². The van der Waals surface area contributed by atoms with Crippen molar-refractivity contribution in [2.75, 3.05) is 18.5 Å². The summed E-state index contributed by atoms with van der Waals surface area (Å²) in [5.74, 6) is -0.0882. The maximum absolute atomic E-state index is 12.1. The molecule has 0 radical (unpaired) electrons. The van der Waals surface area contributed by atoms with E-state index in [0.29, 0.717) is 12.0 Å². The normalized spacial score (nSPS) is 17.0. The Hall–Kier alpha value is -2.04. The number of aliphatic carboxylic acids is 1. The van der Waals surface area contributed by atoms with Crippen LogP contribution in [0.1, 0.15) is 43.0 Å². The lowest BCUT2D eigenvalue weighted by atomic mass is 10.0. The molecule has 0 bridgehead atoms. The Morgan fingerprint density at radius 2 is 2.14 bits per heavy atom. The molecule has 2 rings (SSSR count). The van der Waals surface area contributed by atoms with E-state index in [4.69, 9.17) is 9.84 Å². The number of Topliss-reactive ketones (excluding diaryl/α,β-unsaturated/α-hetero) is 1. The van der Waals surface area contributed by atoms with Crippen molar-refractivity contribution in [1.82, 2.24) is 0 Å². The Morgan fingerprint density at radius 1 is 1.38 bits per heavy atom. The van der Waals surface area contributed by atoms with Crippen LogP contribution in [-0.2, 0) is 4.79 Å². The lowest BCUT2D eigenvalue weighted by Gasteiger charge is -2.33. The number of benzene rings is 1. The number of fused-ring (bicyclic) bond motifs is 1. The van der Waals surface area contributed by atoms with Crippen LogP contribution in [0.5, 0.6) is 5.75 Å². The Kier molecular flexibility index (Phi) is 4.83. The molecular formula is C16H21NO4. The van der Waals surface area contributed by atoms with Crippen LogP contribution in [0.4, 0.5) is 5.69 Å². The summed E-state index contributed by atoms with van der Waals surface area (Å²) in [5.41, 5.74) is 1.54. The number of anilines is 1. The smallest absolute Gasteiger partial charge is 0.303 e. The molecule has 0 aromatic heterocycles. The second-order valence-electron chi connectivity index (χ2n) is 5.38. The van der Waals surface area contributed by atoms with Gasteiger partial charge in [-0.1, -0.05) is 6.92 Å². The standard InChI is InChI=1S/C16H21NO4/c1-3-12-10-17(2)13-9-11(7-8-15(13)21-12)14(18)5-4-6-16(19)20/h7-9,12H,3-6,10H2,1-2H3,(H,19,20). The van der Waals surface area contributed by atoms with Crippen molar-refractivity contribution < 1.29 is 19.4 Å². The highest BCUT2D eigenvalue weighted by Gasteiger charge is 2.23. The highest BCUT2D eigenvalue weighted by molar-refractivity contribution is 5.97. The quantitative estimate of drug-likeness (QED) is 0.816. The van der Waals surface area contributed by atoms with E-state index >= 15 is 0 Å². The predicted octanol–water partition coefficient (Wildman–Crippen LogP) is 2.73. The third-order valence-corrected chi connectivity index (χ3v) is 3.71. The van der Waals surface area contributed by atoms with Crippen molar-refractivity contribution in [3.8, 4) is 5.75 Å². The minimum absolute atomic E-state index is 0.0231. The Bertz CT molecular complexity index is 541. The fourth-order valence-corrected chi connectivity index (χ4v) is 2.47. The maximum Gasteiger partial charge on any atom is 0.303 e. The van der Waals surface area contributed by atoms with Gasteiger partial charge in [0.25, 0.3) is 0 Å². The minimum Gasteiger partial charge on any atom is -0.486 e. The molecule has 1 aromatic carbocycles. The molecule has 0 saturated carbocycles. The molecule has 1 aromatic rings. The molecule has 0 fully saturated rings. The molecule has 1 N–H and O–H groups in total. The number of ketones is 1. The van der Waals surface area contributed by atoms with Crippen LogP contribution in [0, 0.1) is 0 Å². The lowest BCUT2D eigenvalue weighted by Crippen LogP contribution is -2.37. The van der Waals surface area contributed by atoms with Gasteiger partial charge in [0.05, 0.1) is 12.2 Å². The molecule has 1 aliphatic heterocycles. The van der Waals surface area contributed by atoms with Crippen molar-refractivity contribution in [2.24, 2.45) is 0 Å². The number of hydrogen-bond acceptors (Lipinski definition) is 4. The lowest BCUT2D eigenvalue weighted by molar-refractivity contribution is -0.137. The minimum atomic E-state index is -0.869. The predicted molar refractivity (Wildman–Crippen MR) is 80.2 cm³/mol. The summed E-state index contributed by atoms with van der Waals surface area (Å²) in [6.07, 6.45) is 1.78. The first kappa shape index (κ1) is 15.4. The van der Waals surface area contributed by atoms with E-state index in [1.54, 1.807) is 6.07 Å². The van der Waals surface area contributed by atoms with E-state index in [-0.39, 0.29) is 24.7 Å². The first-order valence-electron chi connectivity index (χ1n) is 7.28. The van der Waals surface area contributed by atoms with Gasteiger partial charge in [0.2, 0.25) is 0 Å². The zero-order valence-electron chi connectivity index (χ0n) is 12.5. The molecule has 5 nitrogen and oxygen atoms in total. The van der Waals surface area contributed by atoms with Gasteiger partial charge in [0, 0.05) is 25.5 Å². The van der Waals surface area contributed by atoms with Gasteiger partial charge in [-0.2, -0.15) is 0 Å². The third kappa shape index (κ3) is 3.74. The van der Waals surface area contributed by atoms with Crippen LogP contribution in [0.3, 0.4) is 0 Å². The van der Waals surface area contributed by atoms with Gasteiger partial charge in [0.1, 0.15) is 11.9 Å². The van der Waals surface area contributed by atoms with Crippen molar-refractivity contribution >= 4 is 17.4 Å². The van der Waals surface area contributed by atoms with Crippen LogP contribution < -0.4 is 9.64 Å². The van der Waals surface area contributed by atoms with Gasteiger partial charge >= 0.3 is 5.97 Å². The van der Waals surface area contributed by atoms with Gasteiger partial charge in [-0.15, -0.1) is 0 Å². The molecule has 0 aliphatic carbocycles. The van der Waals surface area contributed by atoms with Gasteiger partial charge in [-0.3, -0.25) is 9.59 Å². The van der Waals surface area contributed by atoms with Crippen LogP contribution >= 0.6 is 0 Å². The number of ether oxygens (including phenoxy) is 1. The Labute approximate surface area is 124 Å². The highest BCUT2D eigenvalue weighted by atomic mass is 16.5. The van der Waals surface area contributed by atoms with Gasteiger partial charge in [0.15, 0.2) is 5.78 Å². The molecule has 0 spiro atoms. The van der Waals surface area contributed by atoms with Crippen LogP contribution in [0.25, 0.3) is 0 Å². The van der Waals surface area contributed by atoms with Gasteiger partial charge in [-0.05, 0) is 31.0 Å². The third-order valence-electron chi connectivity index (χ3n) is 3.71. The molecule has 5 heteroatoms. The van der Waals surface area contributed by atoms with E-state index in [9.17, 15) is 9.59 Å². The number of hydrogen-bond donors (Lipinski definition) is 1. The second kappa shape index (κ2) is 6.61. The topological polar surface area (TPSA) is 66.8 Å². The molecule has 0 amide bonds. The van der Waals surface area contributed by atoms with Crippen molar-refractivity contribution in [3.63, 3.8) is 0 Å². The first-order chi connectivity index (χ1) is 10.0. The summed E-state index contributed by atoms with van der Waals surface area (Å²) in [6.45, 7) is 2.89. The average molecular weight is 291 g/mol. The monoisotopic (exact) mass is 291 g/mol. The van der Waals surface area contributed by atoms with Crippen molar-refractivity contribution in [3.05, 3.63) is 23.8 Å². The number of carboxylic acid groups (broad SMARTS) is 1. The number of rotatable bonds is 6. The number of carbonyl (C=O) groups excluding carboxylic acids is 1. The summed E-state index contributed by atoms with van der Waals surface area (Å²) < 4.78 is 5.87. The van der Waals surface area contributed by atoms with Gasteiger partial charge in [-0.25, -0.2) is 0 Å². The summed E-state index contributed by atoms with van der Waals surface area (Å²) in [7, 11) is 1.99. The summed E-state index contributed by atoms with van der Waals surface area (Å²) in [4.78, 5) is 24.7. The molecule has 114 valence electrons. The van der Waals surface area contributed by atoms with Crippen molar-refractivity contribution in [2.45, 2.75) is 38.7 Å². The molecule has 1 atom stereocenters. The van der Waals surface area contributed by atoms with E-state index in [2.05, 4.69) is 11.8 Å². The van der Waals surface area contributed by atoms with Crippen molar-refractivity contribution in [1.29, 1.82) is 0 Å². The zero-order valence-corrected chi connectivity index (χ0v) is 12.5. The fraction of sp³-hybridized carbons (Fsp3) is 0.500.